The van der Waals surface area contributed by atoms with E-state index >= 15 is 0 Å². The number of likely N-dealkylation sites (tertiary alicyclic amines) is 1. The predicted octanol–water partition coefficient (Wildman–Crippen LogP) is 4.77. The standard InChI is InChI=1S/C30H41N3O3/c1-22-11-12-23(2)25(19-22)20-33-17-14-30(15-18-33)13-7-4-8-16-31-28(34)26-9-5-6-10-27(26)36-21-24(3)32-29(30)35/h5-6,9-12,19,24H,4,7-8,13-18,20-21H2,1-3H3,(H,31,34)(H,32,35)/t24-/m0/s1. The first-order chi connectivity index (χ1) is 17.4. The lowest BCUT2D eigenvalue weighted by molar-refractivity contribution is -0.135. The van der Waals surface area contributed by atoms with Gasteiger partial charge in [0.1, 0.15) is 12.4 Å². The Morgan fingerprint density at radius 3 is 2.58 bits per heavy atom. The molecule has 2 aliphatic heterocycles. The van der Waals surface area contributed by atoms with Gasteiger partial charge in [0.15, 0.2) is 0 Å². The maximum absolute atomic E-state index is 13.6. The Morgan fingerprint density at radius 1 is 1.00 bits per heavy atom. The molecule has 1 saturated heterocycles. The molecule has 0 aliphatic carbocycles. The van der Waals surface area contributed by atoms with Crippen LogP contribution in [0, 0.1) is 19.3 Å². The van der Waals surface area contributed by atoms with Gasteiger partial charge in [0.2, 0.25) is 5.91 Å². The van der Waals surface area contributed by atoms with Gasteiger partial charge in [0, 0.05) is 13.1 Å². The summed E-state index contributed by atoms with van der Waals surface area (Å²) in [6, 6.07) is 13.8. The first-order valence-corrected chi connectivity index (χ1v) is 13.5. The summed E-state index contributed by atoms with van der Waals surface area (Å²) in [5.41, 5.74) is 4.20. The number of piperidine rings is 1. The zero-order valence-electron chi connectivity index (χ0n) is 22.1. The molecule has 0 saturated carbocycles. The molecule has 2 aromatic carbocycles. The van der Waals surface area contributed by atoms with Crippen LogP contribution in [-0.2, 0) is 11.3 Å². The number of nitrogens with one attached hydrogen (secondary N) is 2. The van der Waals surface area contributed by atoms with Crippen LogP contribution >= 0.6 is 0 Å². The molecule has 0 unspecified atom stereocenters. The minimum Gasteiger partial charge on any atom is -0.491 e. The van der Waals surface area contributed by atoms with Gasteiger partial charge in [-0.1, -0.05) is 48.7 Å². The van der Waals surface area contributed by atoms with Crippen molar-refractivity contribution in [2.24, 2.45) is 5.41 Å². The van der Waals surface area contributed by atoms with Gasteiger partial charge < -0.3 is 15.4 Å². The van der Waals surface area contributed by atoms with Crippen molar-refractivity contribution in [1.29, 1.82) is 0 Å². The van der Waals surface area contributed by atoms with Crippen LogP contribution in [0.15, 0.2) is 42.5 Å². The molecule has 2 heterocycles. The van der Waals surface area contributed by atoms with E-state index in [1.807, 2.05) is 25.1 Å². The summed E-state index contributed by atoms with van der Waals surface area (Å²) in [6.45, 7) is 10.0. The number of carbonyl (C=O) groups is 2. The zero-order chi connectivity index (χ0) is 25.5. The molecule has 1 atom stereocenters. The van der Waals surface area contributed by atoms with Crippen molar-refractivity contribution in [3.63, 3.8) is 0 Å². The molecule has 1 fully saturated rings. The number of ether oxygens (including phenoxy) is 1. The Balaban J connectivity index is 1.43. The van der Waals surface area contributed by atoms with Gasteiger partial charge in [-0.2, -0.15) is 0 Å². The highest BCUT2D eigenvalue weighted by atomic mass is 16.5. The molecule has 6 heteroatoms. The van der Waals surface area contributed by atoms with Crippen LogP contribution in [0.4, 0.5) is 0 Å². The Labute approximate surface area is 215 Å². The molecule has 6 nitrogen and oxygen atoms in total. The second-order valence-electron chi connectivity index (χ2n) is 10.7. The fourth-order valence-electron chi connectivity index (χ4n) is 5.42. The molecular weight excluding hydrogens is 450 g/mol. The Morgan fingerprint density at radius 2 is 1.78 bits per heavy atom. The SMILES string of the molecule is Cc1ccc(C)c(CN2CCC3(CCCCCNC(=O)c4ccccc4OC[C@H](C)NC3=O)CC2)c1. The summed E-state index contributed by atoms with van der Waals surface area (Å²) < 4.78 is 5.99. The number of aryl methyl sites for hydroxylation is 2. The highest BCUT2D eigenvalue weighted by molar-refractivity contribution is 5.96. The number of hydrogen-bond donors (Lipinski definition) is 2. The smallest absolute Gasteiger partial charge is 0.255 e. The van der Waals surface area contributed by atoms with Gasteiger partial charge in [-0.3, -0.25) is 14.5 Å². The normalized spacial score (nSPS) is 21.9. The summed E-state index contributed by atoms with van der Waals surface area (Å²) in [5.74, 6) is 0.604. The van der Waals surface area contributed by atoms with E-state index in [0.29, 0.717) is 24.5 Å². The molecule has 194 valence electrons. The third kappa shape index (κ3) is 6.47. The minimum absolute atomic E-state index is 0.107. The van der Waals surface area contributed by atoms with Gasteiger partial charge in [0.25, 0.3) is 5.91 Å². The first-order valence-electron chi connectivity index (χ1n) is 13.5. The van der Waals surface area contributed by atoms with Crippen LogP contribution in [0.1, 0.15) is 72.5 Å². The number of rotatable bonds is 2. The van der Waals surface area contributed by atoms with E-state index in [4.69, 9.17) is 4.74 Å². The number of benzene rings is 2. The van der Waals surface area contributed by atoms with Gasteiger partial charge in [-0.25, -0.2) is 0 Å². The fraction of sp³-hybridized carbons (Fsp3) is 0.533. The molecule has 4 rings (SSSR count). The molecule has 2 amide bonds. The third-order valence-electron chi connectivity index (χ3n) is 7.81. The van der Waals surface area contributed by atoms with Gasteiger partial charge in [0.05, 0.1) is 17.0 Å². The van der Waals surface area contributed by atoms with E-state index in [-0.39, 0.29) is 23.3 Å². The lowest BCUT2D eigenvalue weighted by Crippen LogP contribution is -2.51. The van der Waals surface area contributed by atoms with Crippen LogP contribution in [0.3, 0.4) is 0 Å². The second-order valence-corrected chi connectivity index (χ2v) is 10.7. The van der Waals surface area contributed by atoms with Crippen LogP contribution in [0.5, 0.6) is 5.75 Å². The highest BCUT2D eigenvalue weighted by Crippen LogP contribution is 2.38. The summed E-state index contributed by atoms with van der Waals surface area (Å²) in [6.07, 6.45) is 5.52. The molecule has 2 aliphatic rings. The first kappa shape index (κ1) is 26.2. The number of para-hydroxylation sites is 1. The fourth-order valence-corrected chi connectivity index (χ4v) is 5.42. The third-order valence-corrected chi connectivity index (χ3v) is 7.81. The Hall–Kier alpha value is -2.86. The second kappa shape index (κ2) is 11.9. The molecule has 0 bridgehead atoms. The maximum Gasteiger partial charge on any atom is 0.255 e. The van der Waals surface area contributed by atoms with Crippen LogP contribution < -0.4 is 15.4 Å². The van der Waals surface area contributed by atoms with Crippen LogP contribution in [0.25, 0.3) is 0 Å². The Kier molecular flexibility index (Phi) is 8.68. The van der Waals surface area contributed by atoms with E-state index in [1.165, 1.54) is 16.7 Å². The van der Waals surface area contributed by atoms with Crippen molar-refractivity contribution in [3.05, 3.63) is 64.7 Å². The van der Waals surface area contributed by atoms with Gasteiger partial charge >= 0.3 is 0 Å². The molecule has 36 heavy (non-hydrogen) atoms. The number of fused-ring (bicyclic) bond motifs is 1. The highest BCUT2D eigenvalue weighted by Gasteiger charge is 2.41. The van der Waals surface area contributed by atoms with Gasteiger partial charge in [-0.05, 0) is 82.8 Å². The molecule has 1 spiro atoms. The van der Waals surface area contributed by atoms with E-state index in [1.54, 1.807) is 6.07 Å². The summed E-state index contributed by atoms with van der Waals surface area (Å²) in [5, 5.41) is 6.28. The molecule has 0 radical (unpaired) electrons. The van der Waals surface area contributed by atoms with Crippen LogP contribution in [0.2, 0.25) is 0 Å². The lowest BCUT2D eigenvalue weighted by atomic mass is 9.73. The largest absolute Gasteiger partial charge is 0.491 e. The molecule has 2 aromatic rings. The van der Waals surface area contributed by atoms with Crippen molar-refractivity contribution < 1.29 is 14.3 Å². The number of amides is 2. The van der Waals surface area contributed by atoms with Crippen molar-refractivity contribution in [2.75, 3.05) is 26.2 Å². The summed E-state index contributed by atoms with van der Waals surface area (Å²) in [4.78, 5) is 28.8. The summed E-state index contributed by atoms with van der Waals surface area (Å²) in [7, 11) is 0. The van der Waals surface area contributed by atoms with E-state index in [9.17, 15) is 9.59 Å². The van der Waals surface area contributed by atoms with E-state index < -0.39 is 0 Å². The molecule has 2 N–H and O–H groups in total. The van der Waals surface area contributed by atoms with E-state index in [2.05, 4.69) is 47.6 Å². The van der Waals surface area contributed by atoms with Crippen molar-refractivity contribution >= 4 is 11.8 Å². The average Bonchev–Trinajstić information content (AvgIpc) is 2.88. The van der Waals surface area contributed by atoms with Crippen molar-refractivity contribution in [1.82, 2.24) is 15.5 Å². The monoisotopic (exact) mass is 491 g/mol. The maximum atomic E-state index is 13.6. The average molecular weight is 492 g/mol. The summed E-state index contributed by atoms with van der Waals surface area (Å²) >= 11 is 0. The predicted molar refractivity (Wildman–Crippen MR) is 143 cm³/mol. The quantitative estimate of drug-likeness (QED) is 0.635. The number of nitrogens with zero attached hydrogens (tertiary/aromatic N) is 1. The lowest BCUT2D eigenvalue weighted by Gasteiger charge is -2.41. The van der Waals surface area contributed by atoms with E-state index in [0.717, 1.165) is 58.2 Å². The van der Waals surface area contributed by atoms with Crippen molar-refractivity contribution in [2.45, 2.75) is 71.9 Å². The zero-order valence-corrected chi connectivity index (χ0v) is 22.1. The molecule has 0 aromatic heterocycles. The topological polar surface area (TPSA) is 70.7 Å². The van der Waals surface area contributed by atoms with Crippen LogP contribution in [-0.4, -0.2) is 49.0 Å². The number of carbonyl (C=O) groups excluding carboxylic acids is 2. The Bertz CT molecular complexity index is 1060. The minimum atomic E-state index is -0.340. The molecular formula is C30H41N3O3. The number of hydrogen-bond acceptors (Lipinski definition) is 4. The van der Waals surface area contributed by atoms with Crippen molar-refractivity contribution in [3.8, 4) is 5.75 Å². The van der Waals surface area contributed by atoms with Gasteiger partial charge in [-0.15, -0.1) is 0 Å².